The van der Waals surface area contributed by atoms with E-state index in [1.807, 2.05) is 42.5 Å². The number of hydrogen-bond donors (Lipinski definition) is 0. The van der Waals surface area contributed by atoms with Crippen LogP contribution in [0, 0.1) is 0 Å². The highest BCUT2D eigenvalue weighted by Gasteiger charge is 2.07. The van der Waals surface area contributed by atoms with Gasteiger partial charge in [-0.05, 0) is 41.4 Å². The molecule has 0 atom stereocenters. The molecule has 3 rings (SSSR count). The smallest absolute Gasteiger partial charge is 0.222 e. The molecule has 5 heteroatoms. The summed E-state index contributed by atoms with van der Waals surface area (Å²) in [7, 11) is 0. The minimum atomic E-state index is 0.207. The minimum Gasteiger partial charge on any atom is -0.487 e. The molecule has 0 N–H and O–H groups in total. The van der Waals surface area contributed by atoms with Crippen LogP contribution in [0.3, 0.4) is 0 Å². The van der Waals surface area contributed by atoms with Crippen LogP contribution in [0.25, 0.3) is 11.3 Å². The van der Waals surface area contributed by atoms with Gasteiger partial charge in [0.2, 0.25) is 5.28 Å². The molecule has 22 heavy (non-hydrogen) atoms. The quantitative estimate of drug-likeness (QED) is 0.629. The van der Waals surface area contributed by atoms with Crippen LogP contribution in [-0.4, -0.2) is 9.97 Å². The number of nitrogens with zero attached hydrogens (tertiary/aromatic N) is 2. The van der Waals surface area contributed by atoms with Gasteiger partial charge in [0.15, 0.2) is 0 Å². The third-order valence-corrected chi connectivity index (χ3v) is 3.57. The van der Waals surface area contributed by atoms with Crippen LogP contribution < -0.4 is 4.74 Å². The van der Waals surface area contributed by atoms with Crippen LogP contribution in [-0.2, 0) is 6.61 Å². The van der Waals surface area contributed by atoms with Gasteiger partial charge in [-0.3, -0.25) is 0 Å². The first-order valence-electron chi connectivity index (χ1n) is 6.67. The lowest BCUT2D eigenvalue weighted by Gasteiger charge is -2.09. The second kappa shape index (κ2) is 6.77. The molecule has 3 nitrogen and oxygen atoms in total. The van der Waals surface area contributed by atoms with Gasteiger partial charge in [0.05, 0.1) is 10.7 Å². The summed E-state index contributed by atoms with van der Waals surface area (Å²) in [5.74, 6) is 0.634. The number of benzene rings is 2. The van der Waals surface area contributed by atoms with E-state index in [2.05, 4.69) is 9.97 Å². The molecule has 2 aromatic carbocycles. The second-order valence-electron chi connectivity index (χ2n) is 4.63. The number of rotatable bonds is 4. The van der Waals surface area contributed by atoms with Gasteiger partial charge in [0.25, 0.3) is 0 Å². The highest BCUT2D eigenvalue weighted by molar-refractivity contribution is 6.32. The van der Waals surface area contributed by atoms with E-state index in [4.69, 9.17) is 27.9 Å². The van der Waals surface area contributed by atoms with Gasteiger partial charge in [0.1, 0.15) is 12.4 Å². The first kappa shape index (κ1) is 14.8. The summed E-state index contributed by atoms with van der Waals surface area (Å²) in [6, 6.07) is 17.2. The zero-order chi connectivity index (χ0) is 15.4. The molecule has 1 heterocycles. The molecule has 0 unspecified atom stereocenters. The third-order valence-electron chi connectivity index (χ3n) is 3.09. The molecule has 0 saturated heterocycles. The van der Waals surface area contributed by atoms with Crippen molar-refractivity contribution < 1.29 is 4.74 Å². The van der Waals surface area contributed by atoms with Crippen molar-refractivity contribution in [2.24, 2.45) is 0 Å². The number of ether oxygens (including phenoxy) is 1. The van der Waals surface area contributed by atoms with Crippen molar-refractivity contribution in [3.05, 3.63) is 76.7 Å². The van der Waals surface area contributed by atoms with E-state index in [0.717, 1.165) is 16.8 Å². The molecule has 0 spiro atoms. The Kier molecular flexibility index (Phi) is 4.56. The van der Waals surface area contributed by atoms with Crippen molar-refractivity contribution in [1.29, 1.82) is 0 Å². The second-order valence-corrected chi connectivity index (χ2v) is 5.38. The van der Waals surface area contributed by atoms with E-state index in [9.17, 15) is 0 Å². The predicted molar refractivity (Wildman–Crippen MR) is 88.3 cm³/mol. The topological polar surface area (TPSA) is 35.0 Å². The van der Waals surface area contributed by atoms with Crippen LogP contribution in [0.2, 0.25) is 10.3 Å². The number of halogens is 2. The average molecular weight is 331 g/mol. The Hall–Kier alpha value is -2.10. The molecule has 0 radical (unpaired) electrons. The van der Waals surface area contributed by atoms with Crippen molar-refractivity contribution in [1.82, 2.24) is 9.97 Å². The van der Waals surface area contributed by atoms with Gasteiger partial charge in [-0.15, -0.1) is 0 Å². The standard InChI is InChI=1S/C17H12Cl2N2O/c18-14-10-13(15-8-9-20-17(19)21-15)6-7-16(14)22-11-12-4-2-1-3-5-12/h1-10H,11H2. The fraction of sp³-hybridized carbons (Fsp3) is 0.0588. The van der Waals surface area contributed by atoms with Crippen LogP contribution in [0.4, 0.5) is 0 Å². The molecular formula is C17H12Cl2N2O. The van der Waals surface area contributed by atoms with Crippen molar-refractivity contribution in [2.45, 2.75) is 6.61 Å². The highest BCUT2D eigenvalue weighted by atomic mass is 35.5. The van der Waals surface area contributed by atoms with Gasteiger partial charge in [-0.25, -0.2) is 9.97 Å². The SMILES string of the molecule is Clc1nccc(-c2ccc(OCc3ccccc3)c(Cl)c2)n1. The average Bonchev–Trinajstić information content (AvgIpc) is 2.54. The molecular weight excluding hydrogens is 319 g/mol. The fourth-order valence-electron chi connectivity index (χ4n) is 2.01. The molecule has 1 aromatic heterocycles. The Bertz CT molecular complexity index is 779. The van der Waals surface area contributed by atoms with E-state index < -0.39 is 0 Å². The monoisotopic (exact) mass is 330 g/mol. The summed E-state index contributed by atoms with van der Waals surface area (Å²) in [5, 5.41) is 0.737. The summed E-state index contributed by atoms with van der Waals surface area (Å²) in [6.07, 6.45) is 1.61. The lowest BCUT2D eigenvalue weighted by Crippen LogP contribution is -1.96. The Balaban J connectivity index is 1.78. The Morgan fingerprint density at radius 3 is 2.50 bits per heavy atom. The molecule has 0 fully saturated rings. The zero-order valence-electron chi connectivity index (χ0n) is 11.5. The molecule has 0 saturated carbocycles. The Morgan fingerprint density at radius 2 is 1.77 bits per heavy atom. The van der Waals surface area contributed by atoms with E-state index in [1.54, 1.807) is 18.3 Å². The van der Waals surface area contributed by atoms with E-state index in [-0.39, 0.29) is 5.28 Å². The maximum absolute atomic E-state index is 6.28. The minimum absolute atomic E-state index is 0.207. The predicted octanol–water partition coefficient (Wildman–Crippen LogP) is 5.03. The van der Waals surface area contributed by atoms with Crippen molar-refractivity contribution >= 4 is 23.2 Å². The molecule has 0 bridgehead atoms. The van der Waals surface area contributed by atoms with E-state index >= 15 is 0 Å². The van der Waals surface area contributed by atoms with Gasteiger partial charge in [-0.1, -0.05) is 41.9 Å². The van der Waals surface area contributed by atoms with Crippen LogP contribution >= 0.6 is 23.2 Å². The lowest BCUT2D eigenvalue weighted by atomic mass is 10.1. The molecule has 0 aliphatic carbocycles. The van der Waals surface area contributed by atoms with E-state index in [1.165, 1.54) is 0 Å². The van der Waals surface area contributed by atoms with Crippen molar-refractivity contribution in [3.8, 4) is 17.0 Å². The summed E-state index contributed by atoms with van der Waals surface area (Å²) < 4.78 is 5.75. The van der Waals surface area contributed by atoms with Gasteiger partial charge >= 0.3 is 0 Å². The van der Waals surface area contributed by atoms with Gasteiger partial charge in [0, 0.05) is 11.8 Å². The summed E-state index contributed by atoms with van der Waals surface area (Å²) in [4.78, 5) is 8.03. The lowest BCUT2D eigenvalue weighted by molar-refractivity contribution is 0.306. The summed E-state index contributed by atoms with van der Waals surface area (Å²) in [5.41, 5.74) is 2.67. The Morgan fingerprint density at radius 1 is 0.955 bits per heavy atom. The largest absolute Gasteiger partial charge is 0.487 e. The highest BCUT2D eigenvalue weighted by Crippen LogP contribution is 2.30. The maximum atomic E-state index is 6.28. The summed E-state index contributed by atoms with van der Waals surface area (Å²) >= 11 is 12.1. The summed E-state index contributed by atoms with van der Waals surface area (Å²) in [6.45, 7) is 0.471. The molecule has 0 aliphatic heterocycles. The zero-order valence-corrected chi connectivity index (χ0v) is 13.1. The van der Waals surface area contributed by atoms with Gasteiger partial charge in [-0.2, -0.15) is 0 Å². The molecule has 0 aliphatic rings. The van der Waals surface area contributed by atoms with Crippen LogP contribution in [0.5, 0.6) is 5.75 Å². The number of hydrogen-bond acceptors (Lipinski definition) is 3. The third kappa shape index (κ3) is 3.56. The number of aromatic nitrogens is 2. The van der Waals surface area contributed by atoms with Crippen molar-refractivity contribution in [2.75, 3.05) is 0 Å². The van der Waals surface area contributed by atoms with Gasteiger partial charge < -0.3 is 4.74 Å². The normalized spacial score (nSPS) is 10.5. The molecule has 3 aromatic rings. The van der Waals surface area contributed by atoms with Crippen molar-refractivity contribution in [3.63, 3.8) is 0 Å². The maximum Gasteiger partial charge on any atom is 0.222 e. The van der Waals surface area contributed by atoms with E-state index in [0.29, 0.717) is 17.4 Å². The first-order chi connectivity index (χ1) is 10.7. The fourth-order valence-corrected chi connectivity index (χ4v) is 2.39. The van der Waals surface area contributed by atoms with Crippen LogP contribution in [0.15, 0.2) is 60.8 Å². The molecule has 0 amide bonds. The van der Waals surface area contributed by atoms with Crippen LogP contribution in [0.1, 0.15) is 5.56 Å². The first-order valence-corrected chi connectivity index (χ1v) is 7.43. The Labute approximate surface area is 138 Å². The molecule has 110 valence electrons.